The van der Waals surface area contributed by atoms with E-state index >= 15 is 0 Å². The number of nitriles is 1. The van der Waals surface area contributed by atoms with Gasteiger partial charge >= 0.3 is 7.32 Å². The first-order valence-corrected chi connectivity index (χ1v) is 4.66. The second-order valence-corrected chi connectivity index (χ2v) is 3.25. The molecule has 0 aromatic heterocycles. The number of hydrogen-bond acceptors (Lipinski definition) is 4. The van der Waals surface area contributed by atoms with Crippen LogP contribution in [0.2, 0.25) is 0 Å². The molecule has 0 aliphatic heterocycles. The molecule has 2 rings (SSSR count). The largest absolute Gasteiger partial charge is 0.707 e. The Morgan fingerprint density at radius 3 is 2.69 bits per heavy atom. The minimum absolute atomic E-state index is 0.372. The highest BCUT2D eigenvalue weighted by Crippen LogP contribution is 2.26. The number of benzene rings is 2. The maximum absolute atomic E-state index is 8.75. The van der Waals surface area contributed by atoms with Crippen LogP contribution in [0.1, 0.15) is 5.56 Å². The molecule has 5 heteroatoms. The molecule has 0 radical (unpaired) electrons. The molecule has 0 atom stereocenters. The first-order valence-electron chi connectivity index (χ1n) is 4.66. The molecule has 0 unspecified atom stereocenters. The zero-order valence-corrected chi connectivity index (χ0v) is 8.29. The first-order chi connectivity index (χ1) is 7.70. The highest BCUT2D eigenvalue weighted by atomic mass is 16.6. The van der Waals surface area contributed by atoms with Gasteiger partial charge in [-0.25, -0.2) is 0 Å². The Kier molecular flexibility index (Phi) is 2.77. The van der Waals surface area contributed by atoms with Gasteiger partial charge in [-0.2, -0.15) is 5.26 Å². The van der Waals surface area contributed by atoms with Crippen LogP contribution in [0.5, 0.6) is 5.75 Å². The van der Waals surface area contributed by atoms with Crippen molar-refractivity contribution in [1.82, 2.24) is 0 Å². The van der Waals surface area contributed by atoms with Gasteiger partial charge in [0.1, 0.15) is 5.75 Å². The average molecular weight is 213 g/mol. The van der Waals surface area contributed by atoms with Gasteiger partial charge in [-0.1, -0.05) is 12.1 Å². The molecule has 78 valence electrons. The summed E-state index contributed by atoms with van der Waals surface area (Å²) in [6.07, 6.45) is 0. The van der Waals surface area contributed by atoms with Gasteiger partial charge in [0, 0.05) is 5.39 Å². The molecular formula is C11H8BNO3. The second-order valence-electron chi connectivity index (χ2n) is 3.25. The Hall–Kier alpha value is -2.03. The SMILES string of the molecule is N#Cc1ccc2c(OB(O)O)cccc2c1. The van der Waals surface area contributed by atoms with Crippen LogP contribution < -0.4 is 4.65 Å². The lowest BCUT2D eigenvalue weighted by Crippen LogP contribution is -2.20. The molecule has 4 nitrogen and oxygen atoms in total. The van der Waals surface area contributed by atoms with Gasteiger partial charge in [-0.05, 0) is 29.7 Å². The van der Waals surface area contributed by atoms with Crippen molar-refractivity contribution < 1.29 is 14.7 Å². The molecule has 0 amide bonds. The van der Waals surface area contributed by atoms with E-state index in [1.807, 2.05) is 12.1 Å². The van der Waals surface area contributed by atoms with Gasteiger partial charge < -0.3 is 14.7 Å². The summed E-state index contributed by atoms with van der Waals surface area (Å²) in [6.45, 7) is 0. The van der Waals surface area contributed by atoms with Crippen molar-refractivity contribution in [3.8, 4) is 11.8 Å². The summed E-state index contributed by atoms with van der Waals surface area (Å²) < 4.78 is 4.83. The summed E-state index contributed by atoms with van der Waals surface area (Å²) in [5.41, 5.74) is 0.550. The van der Waals surface area contributed by atoms with Crippen LogP contribution in [0.3, 0.4) is 0 Å². The van der Waals surface area contributed by atoms with Crippen LogP contribution in [0.25, 0.3) is 10.8 Å². The van der Waals surface area contributed by atoms with E-state index in [-0.39, 0.29) is 0 Å². The van der Waals surface area contributed by atoms with Crippen LogP contribution in [0.4, 0.5) is 0 Å². The molecule has 0 saturated heterocycles. The lowest BCUT2D eigenvalue weighted by atomic mass is 10.1. The molecule has 0 fully saturated rings. The van der Waals surface area contributed by atoms with Crippen molar-refractivity contribution in [1.29, 1.82) is 5.26 Å². The van der Waals surface area contributed by atoms with E-state index in [0.717, 1.165) is 10.8 Å². The van der Waals surface area contributed by atoms with Gasteiger partial charge in [-0.15, -0.1) is 0 Å². The van der Waals surface area contributed by atoms with Crippen molar-refractivity contribution in [2.75, 3.05) is 0 Å². The highest BCUT2D eigenvalue weighted by molar-refractivity contribution is 6.34. The smallest absolute Gasteiger partial charge is 0.512 e. The van der Waals surface area contributed by atoms with E-state index in [1.165, 1.54) is 0 Å². The number of fused-ring (bicyclic) bond motifs is 1. The Morgan fingerprint density at radius 2 is 2.00 bits per heavy atom. The van der Waals surface area contributed by atoms with Crippen molar-refractivity contribution in [2.45, 2.75) is 0 Å². The van der Waals surface area contributed by atoms with Gasteiger partial charge in [0.15, 0.2) is 0 Å². The monoisotopic (exact) mass is 213 g/mol. The topological polar surface area (TPSA) is 73.5 Å². The molecule has 2 aromatic rings. The van der Waals surface area contributed by atoms with E-state index in [9.17, 15) is 0 Å². The summed E-state index contributed by atoms with van der Waals surface area (Å²) in [7, 11) is -1.85. The molecule has 0 aliphatic rings. The Balaban J connectivity index is 2.57. The highest BCUT2D eigenvalue weighted by Gasteiger charge is 2.13. The van der Waals surface area contributed by atoms with Crippen LogP contribution in [0.15, 0.2) is 36.4 Å². The Labute approximate surface area is 92.5 Å². The summed E-state index contributed by atoms with van der Waals surface area (Å²) in [5, 5.41) is 27.8. The van der Waals surface area contributed by atoms with Gasteiger partial charge in [-0.3, -0.25) is 0 Å². The van der Waals surface area contributed by atoms with E-state index in [0.29, 0.717) is 11.3 Å². The fraction of sp³-hybridized carbons (Fsp3) is 0. The van der Waals surface area contributed by atoms with Crippen molar-refractivity contribution >= 4 is 18.1 Å². The number of rotatable bonds is 2. The van der Waals surface area contributed by atoms with E-state index in [4.69, 9.17) is 20.0 Å². The van der Waals surface area contributed by atoms with Gasteiger partial charge in [0.25, 0.3) is 0 Å². The third kappa shape index (κ3) is 1.98. The Bertz CT molecular complexity index is 563. The molecule has 2 aromatic carbocycles. The molecule has 0 bridgehead atoms. The molecule has 0 spiro atoms. The predicted molar refractivity (Wildman–Crippen MR) is 59.5 cm³/mol. The zero-order valence-electron chi connectivity index (χ0n) is 8.29. The third-order valence-electron chi connectivity index (χ3n) is 2.20. The summed E-state index contributed by atoms with van der Waals surface area (Å²) in [5.74, 6) is 0.372. The van der Waals surface area contributed by atoms with E-state index in [1.54, 1.807) is 30.3 Å². The fourth-order valence-corrected chi connectivity index (χ4v) is 1.54. The predicted octanol–water partition coefficient (Wildman–Crippen LogP) is 1.06. The van der Waals surface area contributed by atoms with Crippen LogP contribution >= 0.6 is 0 Å². The van der Waals surface area contributed by atoms with E-state index in [2.05, 4.69) is 0 Å². The van der Waals surface area contributed by atoms with Crippen molar-refractivity contribution in [3.05, 3.63) is 42.0 Å². The first kappa shape index (κ1) is 10.5. The minimum Gasteiger partial charge on any atom is -0.512 e. The average Bonchev–Trinajstić information content (AvgIpc) is 2.28. The molecule has 2 N–H and O–H groups in total. The van der Waals surface area contributed by atoms with Crippen molar-refractivity contribution in [2.24, 2.45) is 0 Å². The summed E-state index contributed by atoms with van der Waals surface area (Å²) in [4.78, 5) is 0. The normalized spacial score (nSPS) is 9.81. The molecular weight excluding hydrogens is 205 g/mol. The van der Waals surface area contributed by atoms with Crippen LogP contribution in [-0.2, 0) is 0 Å². The van der Waals surface area contributed by atoms with Crippen LogP contribution in [-0.4, -0.2) is 17.4 Å². The quantitative estimate of drug-likeness (QED) is 0.731. The third-order valence-corrected chi connectivity index (χ3v) is 2.20. The Morgan fingerprint density at radius 1 is 1.19 bits per heavy atom. The summed E-state index contributed by atoms with van der Waals surface area (Å²) in [6, 6.07) is 12.3. The molecule has 16 heavy (non-hydrogen) atoms. The van der Waals surface area contributed by atoms with Crippen LogP contribution in [0, 0.1) is 11.3 Å². The van der Waals surface area contributed by atoms with Gasteiger partial charge in [0.05, 0.1) is 11.6 Å². The standard InChI is InChI=1S/C11H8BNO3/c13-7-8-4-5-10-9(6-8)2-1-3-11(10)16-12(14)15/h1-6,14-15H. The maximum atomic E-state index is 8.75. The maximum Gasteiger partial charge on any atom is 0.707 e. The lowest BCUT2D eigenvalue weighted by Gasteiger charge is -2.08. The zero-order chi connectivity index (χ0) is 11.5. The van der Waals surface area contributed by atoms with Gasteiger partial charge in [0.2, 0.25) is 0 Å². The molecule has 0 saturated carbocycles. The van der Waals surface area contributed by atoms with E-state index < -0.39 is 7.32 Å². The fourth-order valence-electron chi connectivity index (χ4n) is 1.54. The number of nitrogens with zero attached hydrogens (tertiary/aromatic N) is 1. The minimum atomic E-state index is -1.85. The molecule has 0 aliphatic carbocycles. The second kappa shape index (κ2) is 4.23. The van der Waals surface area contributed by atoms with Crippen molar-refractivity contribution in [3.63, 3.8) is 0 Å². The molecule has 0 heterocycles. The lowest BCUT2D eigenvalue weighted by molar-refractivity contribution is 0.289. The summed E-state index contributed by atoms with van der Waals surface area (Å²) >= 11 is 0. The number of hydrogen-bond donors (Lipinski definition) is 2.